The van der Waals surface area contributed by atoms with Gasteiger partial charge in [0.25, 0.3) is 0 Å². The molecule has 0 aliphatic heterocycles. The second-order valence-electron chi connectivity index (χ2n) is 7.10. The van der Waals surface area contributed by atoms with Gasteiger partial charge in [-0.05, 0) is 43.9 Å². The van der Waals surface area contributed by atoms with E-state index in [0.717, 1.165) is 35.3 Å². The van der Waals surface area contributed by atoms with Crippen molar-refractivity contribution in [3.63, 3.8) is 0 Å². The Kier molecular flexibility index (Phi) is 4.55. The van der Waals surface area contributed by atoms with E-state index in [9.17, 15) is 8.78 Å². The molecule has 1 aliphatic carbocycles. The molecule has 0 amide bonds. The molecule has 8 nitrogen and oxygen atoms in total. The Morgan fingerprint density at radius 1 is 1.00 bits per heavy atom. The van der Waals surface area contributed by atoms with Gasteiger partial charge in [0, 0.05) is 30.2 Å². The molecule has 4 aromatic heterocycles. The number of anilines is 1. The molecule has 1 N–H and O–H groups in total. The molecule has 4 heterocycles. The molecule has 0 bridgehead atoms. The van der Waals surface area contributed by atoms with E-state index in [2.05, 4.69) is 30.2 Å². The van der Waals surface area contributed by atoms with Gasteiger partial charge >= 0.3 is 6.61 Å². The second-order valence-corrected chi connectivity index (χ2v) is 7.10. The summed E-state index contributed by atoms with van der Waals surface area (Å²) in [6, 6.07) is 5.93. The second kappa shape index (κ2) is 7.36. The normalized spacial score (nSPS) is 20.0. The maximum Gasteiger partial charge on any atom is 0.345 e. The average Bonchev–Trinajstić information content (AvgIpc) is 3.35. The highest BCUT2D eigenvalue weighted by atomic mass is 19.3. The first kappa shape index (κ1) is 17.9. The van der Waals surface area contributed by atoms with E-state index in [0.29, 0.717) is 18.8 Å². The SMILES string of the molecule is FC(F)O[C@H]1CC[C@@H](Nc2ncc3c(-c4ccc5nccn5n4)ccn3n2)CC1. The van der Waals surface area contributed by atoms with Crippen LogP contribution in [0.15, 0.2) is 43.0 Å². The Labute approximate surface area is 164 Å². The molecule has 0 radical (unpaired) electrons. The highest BCUT2D eigenvalue weighted by Gasteiger charge is 2.24. The van der Waals surface area contributed by atoms with E-state index < -0.39 is 6.61 Å². The predicted octanol–water partition coefficient (Wildman–Crippen LogP) is 3.40. The van der Waals surface area contributed by atoms with Crippen molar-refractivity contribution in [1.82, 2.24) is 29.2 Å². The number of aromatic nitrogens is 6. The van der Waals surface area contributed by atoms with Crippen LogP contribution in [0.5, 0.6) is 0 Å². The third kappa shape index (κ3) is 3.63. The number of imidazole rings is 1. The highest BCUT2D eigenvalue weighted by Crippen LogP contribution is 2.26. The number of nitrogens with one attached hydrogen (secondary N) is 1. The fourth-order valence-electron chi connectivity index (χ4n) is 3.81. The third-order valence-corrected chi connectivity index (χ3v) is 5.25. The van der Waals surface area contributed by atoms with E-state index in [1.165, 1.54) is 0 Å². The number of fused-ring (bicyclic) bond motifs is 2. The summed E-state index contributed by atoms with van der Waals surface area (Å²) in [5.74, 6) is 0.510. The van der Waals surface area contributed by atoms with Gasteiger partial charge in [0.15, 0.2) is 5.65 Å². The standard InChI is InChI=1S/C19H19F2N7O/c20-18(21)29-13-3-1-12(2-4-13)24-19-23-11-16-14(7-9-27(16)26-19)15-5-6-17-22-8-10-28(17)25-15/h5-13,18H,1-4H2,(H,24,26)/t12-,13+. The maximum atomic E-state index is 12.3. The fraction of sp³-hybridized carbons (Fsp3) is 0.368. The maximum absolute atomic E-state index is 12.3. The molecule has 0 aromatic carbocycles. The van der Waals surface area contributed by atoms with Crippen LogP contribution >= 0.6 is 0 Å². The van der Waals surface area contributed by atoms with Crippen molar-refractivity contribution in [2.24, 2.45) is 0 Å². The molecular weight excluding hydrogens is 380 g/mol. The third-order valence-electron chi connectivity index (χ3n) is 5.25. The van der Waals surface area contributed by atoms with Crippen LogP contribution in [-0.4, -0.2) is 48.0 Å². The van der Waals surface area contributed by atoms with Crippen LogP contribution in [0.2, 0.25) is 0 Å². The van der Waals surface area contributed by atoms with E-state index in [4.69, 9.17) is 0 Å². The first-order chi connectivity index (χ1) is 14.2. The van der Waals surface area contributed by atoms with Crippen LogP contribution in [0.1, 0.15) is 25.7 Å². The quantitative estimate of drug-likeness (QED) is 0.554. The van der Waals surface area contributed by atoms with Crippen LogP contribution in [-0.2, 0) is 4.74 Å². The Morgan fingerprint density at radius 2 is 1.86 bits per heavy atom. The van der Waals surface area contributed by atoms with E-state index in [-0.39, 0.29) is 12.1 Å². The number of ether oxygens (including phenoxy) is 1. The summed E-state index contributed by atoms with van der Waals surface area (Å²) in [5.41, 5.74) is 3.36. The number of alkyl halides is 2. The van der Waals surface area contributed by atoms with Crippen molar-refractivity contribution in [1.29, 1.82) is 0 Å². The lowest BCUT2D eigenvalue weighted by atomic mass is 9.93. The predicted molar refractivity (Wildman–Crippen MR) is 102 cm³/mol. The average molecular weight is 399 g/mol. The van der Waals surface area contributed by atoms with Crippen LogP contribution in [0, 0.1) is 0 Å². The molecule has 0 spiro atoms. The molecule has 0 atom stereocenters. The van der Waals surface area contributed by atoms with Gasteiger partial charge in [-0.25, -0.2) is 19.0 Å². The van der Waals surface area contributed by atoms with Crippen molar-refractivity contribution in [2.45, 2.75) is 44.4 Å². The van der Waals surface area contributed by atoms with Gasteiger partial charge in [0.05, 0.1) is 23.5 Å². The first-order valence-corrected chi connectivity index (χ1v) is 9.51. The summed E-state index contributed by atoms with van der Waals surface area (Å²) in [6.45, 7) is -2.71. The lowest BCUT2D eigenvalue weighted by Crippen LogP contribution is -2.31. The van der Waals surface area contributed by atoms with Gasteiger partial charge in [-0.2, -0.15) is 13.9 Å². The van der Waals surface area contributed by atoms with Gasteiger partial charge in [0.1, 0.15) is 0 Å². The Bertz CT molecular complexity index is 1130. The van der Waals surface area contributed by atoms with Crippen LogP contribution in [0.25, 0.3) is 22.4 Å². The molecule has 1 fully saturated rings. The number of hydrogen-bond acceptors (Lipinski definition) is 6. The minimum absolute atomic E-state index is 0.144. The van der Waals surface area contributed by atoms with Crippen molar-refractivity contribution < 1.29 is 13.5 Å². The number of nitrogens with zero attached hydrogens (tertiary/aromatic N) is 6. The zero-order valence-corrected chi connectivity index (χ0v) is 15.4. The van der Waals surface area contributed by atoms with E-state index in [1.54, 1.807) is 27.6 Å². The van der Waals surface area contributed by atoms with Crippen LogP contribution in [0.4, 0.5) is 14.7 Å². The van der Waals surface area contributed by atoms with Gasteiger partial charge in [0.2, 0.25) is 5.95 Å². The largest absolute Gasteiger partial charge is 0.350 e. The highest BCUT2D eigenvalue weighted by molar-refractivity contribution is 5.78. The number of hydrogen-bond donors (Lipinski definition) is 1. The number of halogens is 2. The summed E-state index contributed by atoms with van der Waals surface area (Å²) in [4.78, 5) is 8.64. The zero-order chi connectivity index (χ0) is 19.8. The molecule has 0 saturated heterocycles. The van der Waals surface area contributed by atoms with Crippen molar-refractivity contribution in [3.8, 4) is 11.3 Å². The molecule has 1 aliphatic rings. The zero-order valence-electron chi connectivity index (χ0n) is 15.4. The fourth-order valence-corrected chi connectivity index (χ4v) is 3.81. The molecule has 0 unspecified atom stereocenters. The molecule has 150 valence electrons. The lowest BCUT2D eigenvalue weighted by molar-refractivity contribution is -0.169. The molecule has 5 rings (SSSR count). The van der Waals surface area contributed by atoms with Crippen LogP contribution < -0.4 is 5.32 Å². The summed E-state index contributed by atoms with van der Waals surface area (Å²) in [6.07, 6.45) is 9.44. The molecule has 29 heavy (non-hydrogen) atoms. The summed E-state index contributed by atoms with van der Waals surface area (Å²) in [5, 5.41) is 12.4. The van der Waals surface area contributed by atoms with E-state index in [1.807, 2.05) is 24.4 Å². The van der Waals surface area contributed by atoms with Crippen molar-refractivity contribution in [2.75, 3.05) is 5.32 Å². The Hall–Kier alpha value is -3.14. The van der Waals surface area contributed by atoms with Gasteiger partial charge in [-0.3, -0.25) is 0 Å². The Balaban J connectivity index is 1.32. The summed E-state index contributed by atoms with van der Waals surface area (Å²) in [7, 11) is 0. The smallest absolute Gasteiger partial charge is 0.345 e. The topological polar surface area (TPSA) is 81.6 Å². The molecule has 10 heteroatoms. The van der Waals surface area contributed by atoms with Gasteiger partial charge in [-0.1, -0.05) is 0 Å². The van der Waals surface area contributed by atoms with Crippen molar-refractivity contribution in [3.05, 3.63) is 43.0 Å². The molecular formula is C19H19F2N7O. The number of rotatable bonds is 5. The summed E-state index contributed by atoms with van der Waals surface area (Å²) >= 11 is 0. The molecule has 1 saturated carbocycles. The lowest BCUT2D eigenvalue weighted by Gasteiger charge is -2.28. The van der Waals surface area contributed by atoms with Crippen LogP contribution in [0.3, 0.4) is 0 Å². The molecule has 4 aromatic rings. The minimum Gasteiger partial charge on any atom is -0.350 e. The van der Waals surface area contributed by atoms with Crippen molar-refractivity contribution >= 4 is 17.1 Å². The monoisotopic (exact) mass is 399 g/mol. The van der Waals surface area contributed by atoms with E-state index >= 15 is 0 Å². The Morgan fingerprint density at radius 3 is 2.69 bits per heavy atom. The van der Waals surface area contributed by atoms with Gasteiger partial charge < -0.3 is 10.1 Å². The summed E-state index contributed by atoms with van der Waals surface area (Å²) < 4.78 is 32.7. The van der Waals surface area contributed by atoms with Gasteiger partial charge in [-0.15, -0.1) is 5.10 Å². The minimum atomic E-state index is -2.71. The first-order valence-electron chi connectivity index (χ1n) is 9.51.